The Bertz CT molecular complexity index is 627. The monoisotopic (exact) mass is 281 g/mol. The number of benzene rings is 1. The molecule has 5 heteroatoms. The Labute approximate surface area is 116 Å². The first-order chi connectivity index (χ1) is 8.66. The molecule has 1 fully saturated rings. The molecule has 0 radical (unpaired) electrons. The van der Waals surface area contributed by atoms with Crippen LogP contribution in [0, 0.1) is 4.77 Å². The van der Waals surface area contributed by atoms with Crippen LogP contribution in [-0.4, -0.2) is 34.1 Å². The molecule has 1 N–H and O–H groups in total. The molecule has 1 saturated carbocycles. The van der Waals surface area contributed by atoms with Crippen LogP contribution in [0.1, 0.15) is 12.8 Å². The number of nitrogens with zero attached hydrogens (tertiary/aromatic N) is 2. The summed E-state index contributed by atoms with van der Waals surface area (Å²) in [5.74, 6) is 0. The number of imidazole rings is 1. The molecule has 1 aromatic carbocycles. The molecule has 18 heavy (non-hydrogen) atoms. The number of halogens is 1. The third kappa shape index (κ3) is 2.20. The number of H-pyrrole nitrogens is 1. The van der Waals surface area contributed by atoms with Crippen LogP contribution < -0.4 is 0 Å². The SMILES string of the molecule is CN(CCn1c(=S)[nH]c2cccc(Cl)c21)C1CC1. The number of aromatic amines is 1. The van der Waals surface area contributed by atoms with E-state index in [0.717, 1.165) is 40.0 Å². The maximum atomic E-state index is 6.26. The van der Waals surface area contributed by atoms with Gasteiger partial charge in [-0.25, -0.2) is 0 Å². The lowest BCUT2D eigenvalue weighted by Gasteiger charge is -2.16. The average molecular weight is 282 g/mol. The maximum absolute atomic E-state index is 6.26. The summed E-state index contributed by atoms with van der Waals surface area (Å²) in [6.45, 7) is 1.90. The van der Waals surface area contributed by atoms with Crippen molar-refractivity contribution in [2.24, 2.45) is 0 Å². The molecule has 96 valence electrons. The number of rotatable bonds is 4. The zero-order valence-electron chi connectivity index (χ0n) is 10.3. The molecule has 3 nitrogen and oxygen atoms in total. The number of fused-ring (bicyclic) bond motifs is 1. The Morgan fingerprint density at radius 3 is 3.00 bits per heavy atom. The highest BCUT2D eigenvalue weighted by molar-refractivity contribution is 7.71. The molecule has 0 spiro atoms. The molecule has 0 atom stereocenters. The standard InChI is InChI=1S/C13H16ClN3S/c1-16(9-5-6-9)7-8-17-12-10(14)3-2-4-11(12)15-13(17)18/h2-4,9H,5-8H2,1H3,(H,15,18). The Morgan fingerprint density at radius 1 is 1.50 bits per heavy atom. The normalized spacial score (nSPS) is 15.7. The molecular weight excluding hydrogens is 266 g/mol. The molecule has 0 amide bonds. The number of hydrogen-bond acceptors (Lipinski definition) is 2. The van der Waals surface area contributed by atoms with Gasteiger partial charge in [-0.2, -0.15) is 0 Å². The molecule has 0 unspecified atom stereocenters. The van der Waals surface area contributed by atoms with Crippen molar-refractivity contribution in [1.82, 2.24) is 14.5 Å². The summed E-state index contributed by atoms with van der Waals surface area (Å²) in [7, 11) is 2.18. The van der Waals surface area contributed by atoms with Crippen molar-refractivity contribution < 1.29 is 0 Å². The molecule has 0 bridgehead atoms. The van der Waals surface area contributed by atoms with Crippen molar-refractivity contribution in [1.29, 1.82) is 0 Å². The van der Waals surface area contributed by atoms with E-state index in [-0.39, 0.29) is 0 Å². The summed E-state index contributed by atoms with van der Waals surface area (Å²) in [6, 6.07) is 6.64. The van der Waals surface area contributed by atoms with E-state index in [1.54, 1.807) is 0 Å². The number of hydrogen-bond donors (Lipinski definition) is 1. The largest absolute Gasteiger partial charge is 0.331 e. The van der Waals surface area contributed by atoms with Crippen LogP contribution in [-0.2, 0) is 6.54 Å². The van der Waals surface area contributed by atoms with E-state index < -0.39 is 0 Å². The van der Waals surface area contributed by atoms with E-state index in [1.807, 2.05) is 18.2 Å². The summed E-state index contributed by atoms with van der Waals surface area (Å²) in [5, 5.41) is 0.758. The molecule has 1 heterocycles. The first kappa shape index (κ1) is 12.2. The van der Waals surface area contributed by atoms with Gasteiger partial charge in [0, 0.05) is 19.1 Å². The van der Waals surface area contributed by atoms with Gasteiger partial charge in [0.25, 0.3) is 0 Å². The van der Waals surface area contributed by atoms with Crippen molar-refractivity contribution >= 4 is 34.9 Å². The zero-order chi connectivity index (χ0) is 12.7. The number of aromatic nitrogens is 2. The van der Waals surface area contributed by atoms with Gasteiger partial charge in [-0.05, 0) is 44.2 Å². The minimum atomic E-state index is 0.752. The van der Waals surface area contributed by atoms with Crippen molar-refractivity contribution in [3.8, 4) is 0 Å². The van der Waals surface area contributed by atoms with Gasteiger partial charge in [0.05, 0.1) is 16.1 Å². The predicted molar refractivity (Wildman–Crippen MR) is 77.8 cm³/mol. The summed E-state index contributed by atoms with van der Waals surface area (Å²) < 4.78 is 2.86. The lowest BCUT2D eigenvalue weighted by atomic mass is 10.3. The fraction of sp³-hybridized carbons (Fsp3) is 0.462. The molecule has 0 aliphatic heterocycles. The molecule has 1 aromatic heterocycles. The summed E-state index contributed by atoms with van der Waals surface area (Å²) in [4.78, 5) is 5.61. The molecular formula is C13H16ClN3S. The Kier molecular flexibility index (Phi) is 3.18. The van der Waals surface area contributed by atoms with E-state index in [9.17, 15) is 0 Å². The van der Waals surface area contributed by atoms with Gasteiger partial charge in [0.2, 0.25) is 0 Å². The summed E-state index contributed by atoms with van der Waals surface area (Å²) in [5.41, 5.74) is 2.04. The zero-order valence-corrected chi connectivity index (χ0v) is 11.9. The van der Waals surface area contributed by atoms with Gasteiger partial charge in [-0.3, -0.25) is 0 Å². The van der Waals surface area contributed by atoms with Crippen LogP contribution in [0.3, 0.4) is 0 Å². The average Bonchev–Trinajstić information content (AvgIpc) is 3.11. The van der Waals surface area contributed by atoms with Gasteiger partial charge in [0.1, 0.15) is 0 Å². The van der Waals surface area contributed by atoms with Crippen molar-refractivity contribution in [3.63, 3.8) is 0 Å². The first-order valence-electron chi connectivity index (χ1n) is 6.24. The topological polar surface area (TPSA) is 24.0 Å². The summed E-state index contributed by atoms with van der Waals surface area (Å²) in [6.07, 6.45) is 2.66. The van der Waals surface area contributed by atoms with E-state index in [1.165, 1.54) is 12.8 Å². The Morgan fingerprint density at radius 2 is 2.28 bits per heavy atom. The highest BCUT2D eigenvalue weighted by Gasteiger charge is 2.25. The first-order valence-corrected chi connectivity index (χ1v) is 7.02. The Hall–Kier alpha value is -0.840. The molecule has 1 aliphatic rings. The quantitative estimate of drug-likeness (QED) is 0.868. The van der Waals surface area contributed by atoms with E-state index >= 15 is 0 Å². The van der Waals surface area contributed by atoms with Crippen molar-refractivity contribution in [3.05, 3.63) is 28.0 Å². The van der Waals surface area contributed by atoms with E-state index in [2.05, 4.69) is 21.5 Å². The molecule has 1 aliphatic carbocycles. The van der Waals surface area contributed by atoms with Gasteiger partial charge in [-0.1, -0.05) is 17.7 Å². The predicted octanol–water partition coefficient (Wildman–Crippen LogP) is 3.45. The van der Waals surface area contributed by atoms with Gasteiger partial charge < -0.3 is 14.5 Å². The second kappa shape index (κ2) is 4.68. The fourth-order valence-electron chi connectivity index (χ4n) is 2.34. The van der Waals surface area contributed by atoms with Gasteiger partial charge >= 0.3 is 0 Å². The second-order valence-corrected chi connectivity index (χ2v) is 5.72. The highest BCUT2D eigenvalue weighted by Crippen LogP contribution is 2.26. The van der Waals surface area contributed by atoms with Crippen LogP contribution in [0.25, 0.3) is 11.0 Å². The minimum absolute atomic E-state index is 0.752. The molecule has 3 rings (SSSR count). The lowest BCUT2D eigenvalue weighted by molar-refractivity contribution is 0.310. The van der Waals surface area contributed by atoms with Crippen LogP contribution in [0.5, 0.6) is 0 Å². The van der Waals surface area contributed by atoms with Gasteiger partial charge in [0.15, 0.2) is 4.77 Å². The minimum Gasteiger partial charge on any atom is -0.331 e. The van der Waals surface area contributed by atoms with Gasteiger partial charge in [-0.15, -0.1) is 0 Å². The van der Waals surface area contributed by atoms with Crippen molar-refractivity contribution in [2.75, 3.05) is 13.6 Å². The number of nitrogens with one attached hydrogen (secondary N) is 1. The second-order valence-electron chi connectivity index (χ2n) is 4.93. The number of para-hydroxylation sites is 1. The smallest absolute Gasteiger partial charge is 0.178 e. The van der Waals surface area contributed by atoms with E-state index in [0.29, 0.717) is 0 Å². The maximum Gasteiger partial charge on any atom is 0.178 e. The van der Waals surface area contributed by atoms with Crippen LogP contribution in [0.2, 0.25) is 5.02 Å². The number of likely N-dealkylation sites (N-methyl/N-ethyl adjacent to an activating group) is 1. The fourth-order valence-corrected chi connectivity index (χ4v) is 2.91. The highest BCUT2D eigenvalue weighted by atomic mass is 35.5. The lowest BCUT2D eigenvalue weighted by Crippen LogP contribution is -2.25. The third-order valence-electron chi connectivity index (χ3n) is 3.59. The molecule has 2 aromatic rings. The van der Waals surface area contributed by atoms with Crippen LogP contribution in [0.4, 0.5) is 0 Å². The van der Waals surface area contributed by atoms with E-state index in [4.69, 9.17) is 23.8 Å². The van der Waals surface area contributed by atoms with Crippen LogP contribution in [0.15, 0.2) is 18.2 Å². The molecule has 0 saturated heterocycles. The third-order valence-corrected chi connectivity index (χ3v) is 4.22. The van der Waals surface area contributed by atoms with Crippen molar-refractivity contribution in [2.45, 2.75) is 25.4 Å². The Balaban J connectivity index is 1.90. The van der Waals surface area contributed by atoms with Crippen LogP contribution >= 0.6 is 23.8 Å². The summed E-state index contributed by atoms with van der Waals surface area (Å²) >= 11 is 11.6.